The quantitative estimate of drug-likeness (QED) is 0.754. The highest BCUT2D eigenvalue weighted by Crippen LogP contribution is 2.18. The molecule has 0 unspecified atom stereocenters. The topological polar surface area (TPSA) is 62.3 Å². The van der Waals surface area contributed by atoms with Crippen molar-refractivity contribution in [2.75, 3.05) is 7.11 Å². The van der Waals surface area contributed by atoms with Gasteiger partial charge in [0, 0.05) is 24.0 Å². The Bertz CT molecular complexity index is 444. The fourth-order valence-corrected chi connectivity index (χ4v) is 1.16. The summed E-state index contributed by atoms with van der Waals surface area (Å²) in [6, 6.07) is 7.98. The first-order valence-corrected chi connectivity index (χ1v) is 4.44. The maximum absolute atomic E-state index is 9.00. The highest BCUT2D eigenvalue weighted by Gasteiger charge is 1.94. The summed E-state index contributed by atoms with van der Waals surface area (Å²) in [6.07, 6.45) is 1.92. The largest absolute Gasteiger partial charge is 0.497 e. The van der Waals surface area contributed by atoms with Gasteiger partial charge in [-0.25, -0.2) is 0 Å². The molecule has 1 aromatic heterocycles. The number of H-pyrrole nitrogens is 1. The Labute approximate surface area is 87.5 Å². The molecule has 0 aliphatic carbocycles. The number of carbonyl (C=O) groups is 1. The van der Waals surface area contributed by atoms with Gasteiger partial charge in [0.25, 0.3) is 5.97 Å². The zero-order chi connectivity index (χ0) is 11.3. The van der Waals surface area contributed by atoms with Gasteiger partial charge in [-0.3, -0.25) is 4.79 Å². The van der Waals surface area contributed by atoms with Crippen molar-refractivity contribution in [1.29, 1.82) is 0 Å². The van der Waals surface area contributed by atoms with Crippen molar-refractivity contribution in [1.82, 2.24) is 4.98 Å². The van der Waals surface area contributed by atoms with Gasteiger partial charge >= 0.3 is 0 Å². The summed E-state index contributed by atoms with van der Waals surface area (Å²) in [5.74, 6) is 0.0668. The van der Waals surface area contributed by atoms with Crippen LogP contribution in [0.15, 0.2) is 30.5 Å². The van der Waals surface area contributed by atoms with Crippen LogP contribution in [0.5, 0.6) is 5.75 Å². The fourth-order valence-electron chi connectivity index (χ4n) is 1.16. The summed E-state index contributed by atoms with van der Waals surface area (Å²) < 4.78 is 5.08. The van der Waals surface area contributed by atoms with Gasteiger partial charge in [-0.15, -0.1) is 0 Å². The van der Waals surface area contributed by atoms with Gasteiger partial charge in [-0.2, -0.15) is 0 Å². The standard InChI is InChI=1S/C9H9NO.C2H4O2/c1-11-8-2-3-9-7(6-8)4-5-10-9;1-2(3)4/h2-6,10H,1H3;1H3,(H,3,4). The Morgan fingerprint density at radius 1 is 1.40 bits per heavy atom. The first-order valence-electron chi connectivity index (χ1n) is 4.44. The second-order valence-corrected chi connectivity index (χ2v) is 2.95. The average molecular weight is 207 g/mol. The molecule has 0 bridgehead atoms. The molecular formula is C11H13NO3. The number of benzene rings is 1. The normalized spacial score (nSPS) is 9.20. The monoisotopic (exact) mass is 207 g/mol. The Balaban J connectivity index is 0.000000245. The Kier molecular flexibility index (Phi) is 3.74. The lowest BCUT2D eigenvalue weighted by atomic mass is 10.2. The minimum absolute atomic E-state index is 0.833. The van der Waals surface area contributed by atoms with E-state index in [0.717, 1.165) is 18.2 Å². The highest BCUT2D eigenvalue weighted by molar-refractivity contribution is 5.80. The average Bonchev–Trinajstić information content (AvgIpc) is 2.63. The van der Waals surface area contributed by atoms with E-state index in [1.54, 1.807) is 7.11 Å². The van der Waals surface area contributed by atoms with Crippen molar-refractivity contribution in [2.45, 2.75) is 6.92 Å². The molecule has 0 amide bonds. The van der Waals surface area contributed by atoms with Crippen LogP contribution in [0.25, 0.3) is 10.9 Å². The molecule has 2 aromatic rings. The number of rotatable bonds is 1. The summed E-state index contributed by atoms with van der Waals surface area (Å²) in [4.78, 5) is 12.1. The van der Waals surface area contributed by atoms with Crippen LogP contribution >= 0.6 is 0 Å². The zero-order valence-electron chi connectivity index (χ0n) is 8.65. The number of aromatic amines is 1. The van der Waals surface area contributed by atoms with Crippen molar-refractivity contribution in [3.8, 4) is 5.75 Å². The van der Waals surface area contributed by atoms with Crippen molar-refractivity contribution >= 4 is 16.9 Å². The van der Waals surface area contributed by atoms with Crippen LogP contribution in [-0.2, 0) is 4.79 Å². The van der Waals surface area contributed by atoms with Gasteiger partial charge in [0.15, 0.2) is 0 Å². The van der Waals surface area contributed by atoms with E-state index in [4.69, 9.17) is 14.6 Å². The number of aromatic nitrogens is 1. The molecule has 0 spiro atoms. The van der Waals surface area contributed by atoms with E-state index in [1.807, 2.05) is 30.5 Å². The maximum atomic E-state index is 9.00. The molecule has 0 aliphatic rings. The van der Waals surface area contributed by atoms with Crippen LogP contribution < -0.4 is 4.74 Å². The summed E-state index contributed by atoms with van der Waals surface area (Å²) >= 11 is 0. The molecule has 80 valence electrons. The molecule has 0 saturated heterocycles. The van der Waals surface area contributed by atoms with Crippen LogP contribution in [0.3, 0.4) is 0 Å². The van der Waals surface area contributed by atoms with Gasteiger partial charge in [-0.1, -0.05) is 0 Å². The lowest BCUT2D eigenvalue weighted by Gasteiger charge is -1.97. The Hall–Kier alpha value is -1.97. The van der Waals surface area contributed by atoms with Crippen molar-refractivity contribution in [2.24, 2.45) is 0 Å². The van der Waals surface area contributed by atoms with Crippen LogP contribution in [0, 0.1) is 0 Å². The molecule has 2 rings (SSSR count). The minimum Gasteiger partial charge on any atom is -0.497 e. The van der Waals surface area contributed by atoms with Crippen LogP contribution in [-0.4, -0.2) is 23.2 Å². The summed E-state index contributed by atoms with van der Waals surface area (Å²) in [6.45, 7) is 1.08. The second-order valence-electron chi connectivity index (χ2n) is 2.95. The minimum atomic E-state index is -0.833. The molecule has 1 heterocycles. The Morgan fingerprint density at radius 3 is 2.67 bits per heavy atom. The number of nitrogens with one attached hydrogen (secondary N) is 1. The number of aliphatic carboxylic acids is 1. The lowest BCUT2D eigenvalue weighted by molar-refractivity contribution is -0.134. The first-order chi connectivity index (χ1) is 7.13. The van der Waals surface area contributed by atoms with E-state index in [9.17, 15) is 0 Å². The molecular weight excluding hydrogens is 194 g/mol. The number of hydrogen-bond acceptors (Lipinski definition) is 2. The van der Waals surface area contributed by atoms with Crippen LogP contribution in [0.4, 0.5) is 0 Å². The van der Waals surface area contributed by atoms with Gasteiger partial charge in [0.05, 0.1) is 7.11 Å². The van der Waals surface area contributed by atoms with E-state index in [1.165, 1.54) is 5.39 Å². The maximum Gasteiger partial charge on any atom is 0.300 e. The molecule has 4 heteroatoms. The van der Waals surface area contributed by atoms with Gasteiger partial charge in [0.2, 0.25) is 0 Å². The van der Waals surface area contributed by atoms with E-state index in [-0.39, 0.29) is 0 Å². The van der Waals surface area contributed by atoms with Crippen LogP contribution in [0.1, 0.15) is 6.92 Å². The molecule has 0 aliphatic heterocycles. The van der Waals surface area contributed by atoms with E-state index >= 15 is 0 Å². The van der Waals surface area contributed by atoms with E-state index in [0.29, 0.717) is 0 Å². The van der Waals surface area contributed by atoms with Gasteiger partial charge < -0.3 is 14.8 Å². The smallest absolute Gasteiger partial charge is 0.300 e. The molecule has 0 saturated carbocycles. The summed E-state index contributed by atoms with van der Waals surface area (Å²) in [7, 11) is 1.67. The molecule has 2 N–H and O–H groups in total. The third-order valence-corrected chi connectivity index (χ3v) is 1.76. The Morgan fingerprint density at radius 2 is 2.07 bits per heavy atom. The molecule has 15 heavy (non-hydrogen) atoms. The molecule has 4 nitrogen and oxygen atoms in total. The molecule has 0 fully saturated rings. The lowest BCUT2D eigenvalue weighted by Crippen LogP contribution is -1.80. The van der Waals surface area contributed by atoms with Crippen LogP contribution in [0.2, 0.25) is 0 Å². The predicted molar refractivity (Wildman–Crippen MR) is 58.2 cm³/mol. The number of methoxy groups -OCH3 is 1. The predicted octanol–water partition coefficient (Wildman–Crippen LogP) is 2.27. The number of ether oxygens (including phenoxy) is 1. The second kappa shape index (κ2) is 5.05. The van der Waals surface area contributed by atoms with Crippen molar-refractivity contribution < 1.29 is 14.6 Å². The highest BCUT2D eigenvalue weighted by atomic mass is 16.5. The van der Waals surface area contributed by atoms with Crippen molar-refractivity contribution in [3.63, 3.8) is 0 Å². The molecule has 0 atom stereocenters. The van der Waals surface area contributed by atoms with Gasteiger partial charge in [-0.05, 0) is 24.3 Å². The molecule has 0 radical (unpaired) electrons. The number of carboxylic acids is 1. The number of carboxylic acid groups (broad SMARTS) is 1. The number of fused-ring (bicyclic) bond motifs is 1. The SMILES string of the molecule is CC(=O)O.COc1ccc2[nH]ccc2c1. The molecule has 1 aromatic carbocycles. The summed E-state index contributed by atoms with van der Waals surface area (Å²) in [5, 5.41) is 8.60. The third kappa shape index (κ3) is 3.34. The first kappa shape index (κ1) is 11.1. The van der Waals surface area contributed by atoms with E-state index < -0.39 is 5.97 Å². The fraction of sp³-hybridized carbons (Fsp3) is 0.182. The number of hydrogen-bond donors (Lipinski definition) is 2. The third-order valence-electron chi connectivity index (χ3n) is 1.76. The van der Waals surface area contributed by atoms with Gasteiger partial charge in [0.1, 0.15) is 5.75 Å². The van der Waals surface area contributed by atoms with Crippen molar-refractivity contribution in [3.05, 3.63) is 30.5 Å². The summed E-state index contributed by atoms with van der Waals surface area (Å²) in [5.41, 5.74) is 1.14. The van der Waals surface area contributed by atoms with E-state index in [2.05, 4.69) is 4.98 Å². The zero-order valence-corrected chi connectivity index (χ0v) is 8.65.